The number of nitrogens with one attached hydrogen (secondary N) is 1. The standard InChI is InChI=1S/C24H21N3O6/c1-32-21-4-2-3-16(11-21)13-26-14-18-12-19(7-10-22(18)33-15-23(26)28)25-24(29)17-5-8-20(9-6-17)27(30)31/h2-12H,13-15H2,1H3,(H,25,29). The van der Waals surface area contributed by atoms with E-state index < -0.39 is 10.8 Å². The van der Waals surface area contributed by atoms with Gasteiger partial charge in [-0.05, 0) is 48.0 Å². The van der Waals surface area contributed by atoms with Crippen molar-refractivity contribution in [1.82, 2.24) is 4.90 Å². The molecule has 2 amide bonds. The van der Waals surface area contributed by atoms with Gasteiger partial charge in [0.1, 0.15) is 11.5 Å². The summed E-state index contributed by atoms with van der Waals surface area (Å²) < 4.78 is 10.9. The molecular weight excluding hydrogens is 426 g/mol. The van der Waals surface area contributed by atoms with E-state index in [0.29, 0.717) is 35.8 Å². The van der Waals surface area contributed by atoms with Gasteiger partial charge in [0.25, 0.3) is 17.5 Å². The summed E-state index contributed by atoms with van der Waals surface area (Å²) in [6, 6.07) is 18.0. The Kier molecular flexibility index (Phi) is 6.21. The van der Waals surface area contributed by atoms with E-state index in [2.05, 4.69) is 5.32 Å². The molecule has 168 valence electrons. The summed E-state index contributed by atoms with van der Waals surface area (Å²) >= 11 is 0. The monoisotopic (exact) mass is 447 g/mol. The highest BCUT2D eigenvalue weighted by atomic mass is 16.6. The molecule has 0 atom stereocenters. The van der Waals surface area contributed by atoms with Gasteiger partial charge in [0.15, 0.2) is 6.61 Å². The molecule has 3 aromatic carbocycles. The summed E-state index contributed by atoms with van der Waals surface area (Å²) in [5.41, 5.74) is 2.41. The van der Waals surface area contributed by atoms with Crippen molar-refractivity contribution in [3.05, 3.63) is 93.5 Å². The average Bonchev–Trinajstić information content (AvgIpc) is 2.97. The number of nitro groups is 1. The number of amides is 2. The van der Waals surface area contributed by atoms with E-state index in [9.17, 15) is 19.7 Å². The largest absolute Gasteiger partial charge is 0.497 e. The predicted molar refractivity (Wildman–Crippen MR) is 120 cm³/mol. The van der Waals surface area contributed by atoms with Crippen LogP contribution in [0.15, 0.2) is 66.7 Å². The first kappa shape index (κ1) is 21.8. The number of nitro benzene ring substituents is 1. The fraction of sp³-hybridized carbons (Fsp3) is 0.167. The Bertz CT molecular complexity index is 1210. The molecule has 1 heterocycles. The quantitative estimate of drug-likeness (QED) is 0.455. The zero-order valence-electron chi connectivity index (χ0n) is 17.8. The first-order valence-electron chi connectivity index (χ1n) is 10.1. The summed E-state index contributed by atoms with van der Waals surface area (Å²) in [4.78, 5) is 37.1. The van der Waals surface area contributed by atoms with Crippen molar-refractivity contribution in [2.75, 3.05) is 19.0 Å². The number of anilines is 1. The molecule has 0 bridgehead atoms. The zero-order valence-corrected chi connectivity index (χ0v) is 17.8. The number of hydrogen-bond donors (Lipinski definition) is 1. The molecule has 0 radical (unpaired) electrons. The summed E-state index contributed by atoms with van der Waals surface area (Å²) in [7, 11) is 1.59. The fourth-order valence-corrected chi connectivity index (χ4v) is 3.52. The molecule has 4 rings (SSSR count). The number of rotatable bonds is 6. The zero-order chi connectivity index (χ0) is 23.4. The second-order valence-corrected chi connectivity index (χ2v) is 7.47. The van der Waals surface area contributed by atoms with Crippen molar-refractivity contribution in [2.45, 2.75) is 13.1 Å². The van der Waals surface area contributed by atoms with E-state index in [1.165, 1.54) is 24.3 Å². The molecule has 33 heavy (non-hydrogen) atoms. The molecule has 0 unspecified atom stereocenters. The predicted octanol–water partition coefficient (Wildman–Crippen LogP) is 3.78. The van der Waals surface area contributed by atoms with E-state index in [0.717, 1.165) is 11.1 Å². The van der Waals surface area contributed by atoms with Gasteiger partial charge in [-0.3, -0.25) is 19.7 Å². The van der Waals surface area contributed by atoms with Gasteiger partial charge in [0.05, 0.1) is 12.0 Å². The summed E-state index contributed by atoms with van der Waals surface area (Å²) in [6.45, 7) is 0.621. The van der Waals surface area contributed by atoms with Crippen molar-refractivity contribution in [3.8, 4) is 11.5 Å². The van der Waals surface area contributed by atoms with Gasteiger partial charge in [0, 0.05) is 42.0 Å². The van der Waals surface area contributed by atoms with Crippen LogP contribution in [0.5, 0.6) is 11.5 Å². The third-order valence-electron chi connectivity index (χ3n) is 5.23. The average molecular weight is 447 g/mol. The highest BCUT2D eigenvalue weighted by molar-refractivity contribution is 6.04. The van der Waals surface area contributed by atoms with Gasteiger partial charge in [-0.2, -0.15) is 0 Å². The second-order valence-electron chi connectivity index (χ2n) is 7.47. The third-order valence-corrected chi connectivity index (χ3v) is 5.23. The number of nitrogens with zero attached hydrogens (tertiary/aromatic N) is 2. The Labute approximate surface area is 189 Å². The molecule has 0 fully saturated rings. The van der Waals surface area contributed by atoms with E-state index in [-0.39, 0.29) is 18.2 Å². The van der Waals surface area contributed by atoms with Gasteiger partial charge in [-0.25, -0.2) is 0 Å². The minimum absolute atomic E-state index is 0.0779. The van der Waals surface area contributed by atoms with Crippen LogP contribution in [0.4, 0.5) is 11.4 Å². The lowest BCUT2D eigenvalue weighted by molar-refractivity contribution is -0.384. The summed E-state index contributed by atoms with van der Waals surface area (Å²) in [5, 5.41) is 13.6. The topological polar surface area (TPSA) is 111 Å². The maximum Gasteiger partial charge on any atom is 0.269 e. The normalized spacial score (nSPS) is 12.9. The molecule has 1 N–H and O–H groups in total. The minimum Gasteiger partial charge on any atom is -0.497 e. The highest BCUT2D eigenvalue weighted by Crippen LogP contribution is 2.28. The van der Waals surface area contributed by atoms with E-state index in [4.69, 9.17) is 9.47 Å². The molecule has 3 aromatic rings. The molecule has 0 saturated carbocycles. The lowest BCUT2D eigenvalue weighted by Gasteiger charge is -2.20. The van der Waals surface area contributed by atoms with Crippen LogP contribution in [-0.4, -0.2) is 35.4 Å². The van der Waals surface area contributed by atoms with Crippen molar-refractivity contribution in [2.24, 2.45) is 0 Å². The van der Waals surface area contributed by atoms with Crippen molar-refractivity contribution in [3.63, 3.8) is 0 Å². The van der Waals surface area contributed by atoms with Crippen LogP contribution < -0.4 is 14.8 Å². The van der Waals surface area contributed by atoms with Crippen LogP contribution in [0, 0.1) is 10.1 Å². The highest BCUT2D eigenvalue weighted by Gasteiger charge is 2.22. The van der Waals surface area contributed by atoms with E-state index >= 15 is 0 Å². The Morgan fingerprint density at radius 1 is 1.15 bits per heavy atom. The maximum atomic E-state index is 12.6. The second kappa shape index (κ2) is 9.39. The molecule has 0 saturated heterocycles. The van der Waals surface area contributed by atoms with Crippen molar-refractivity contribution >= 4 is 23.2 Å². The van der Waals surface area contributed by atoms with Crippen LogP contribution >= 0.6 is 0 Å². The number of carbonyl (C=O) groups excluding carboxylic acids is 2. The number of hydrogen-bond acceptors (Lipinski definition) is 6. The Balaban J connectivity index is 1.50. The molecule has 1 aliphatic rings. The number of methoxy groups -OCH3 is 1. The molecule has 0 aliphatic carbocycles. The first-order valence-corrected chi connectivity index (χ1v) is 10.1. The summed E-state index contributed by atoms with van der Waals surface area (Å²) in [6.07, 6.45) is 0. The number of ether oxygens (including phenoxy) is 2. The van der Waals surface area contributed by atoms with Crippen molar-refractivity contribution < 1.29 is 24.0 Å². The molecule has 9 nitrogen and oxygen atoms in total. The van der Waals surface area contributed by atoms with Gasteiger partial charge < -0.3 is 19.7 Å². The smallest absolute Gasteiger partial charge is 0.269 e. The molecule has 0 aromatic heterocycles. The van der Waals surface area contributed by atoms with Gasteiger partial charge in [0.2, 0.25) is 0 Å². The first-order chi connectivity index (χ1) is 15.9. The molecule has 0 spiro atoms. The molecule has 1 aliphatic heterocycles. The van der Waals surface area contributed by atoms with Gasteiger partial charge >= 0.3 is 0 Å². The van der Waals surface area contributed by atoms with Crippen LogP contribution in [0.25, 0.3) is 0 Å². The van der Waals surface area contributed by atoms with Gasteiger partial charge in [-0.15, -0.1) is 0 Å². The lowest BCUT2D eigenvalue weighted by Crippen LogP contribution is -2.31. The Morgan fingerprint density at radius 3 is 2.67 bits per heavy atom. The SMILES string of the molecule is COc1cccc(CN2Cc3cc(NC(=O)c4ccc([N+](=O)[O-])cc4)ccc3OCC2=O)c1. The van der Waals surface area contributed by atoms with Crippen LogP contribution in [0.1, 0.15) is 21.5 Å². The Morgan fingerprint density at radius 2 is 1.94 bits per heavy atom. The number of non-ortho nitro benzene ring substituents is 1. The van der Waals surface area contributed by atoms with Gasteiger partial charge in [-0.1, -0.05) is 12.1 Å². The lowest BCUT2D eigenvalue weighted by atomic mass is 10.1. The van der Waals surface area contributed by atoms with Crippen LogP contribution in [-0.2, 0) is 17.9 Å². The van der Waals surface area contributed by atoms with E-state index in [1.54, 1.807) is 30.2 Å². The number of benzene rings is 3. The fourth-order valence-electron chi connectivity index (χ4n) is 3.52. The maximum absolute atomic E-state index is 12.6. The Hall–Kier alpha value is -4.40. The van der Waals surface area contributed by atoms with Crippen LogP contribution in [0.3, 0.4) is 0 Å². The number of carbonyl (C=O) groups is 2. The molecular formula is C24H21N3O6. The number of fused-ring (bicyclic) bond motifs is 1. The minimum atomic E-state index is -0.521. The van der Waals surface area contributed by atoms with Crippen molar-refractivity contribution in [1.29, 1.82) is 0 Å². The van der Waals surface area contributed by atoms with Crippen LogP contribution in [0.2, 0.25) is 0 Å². The summed E-state index contributed by atoms with van der Waals surface area (Å²) in [5.74, 6) is 0.738. The third kappa shape index (κ3) is 5.09. The molecule has 9 heteroatoms. The van der Waals surface area contributed by atoms with E-state index in [1.807, 2.05) is 24.3 Å².